The molecule has 0 bridgehead atoms. The van der Waals surface area contributed by atoms with Gasteiger partial charge in [-0.25, -0.2) is 4.79 Å². The Bertz CT molecular complexity index is 502. The molecule has 2 amide bonds. The fourth-order valence-corrected chi connectivity index (χ4v) is 1.38. The summed E-state index contributed by atoms with van der Waals surface area (Å²) in [6.45, 7) is 1.04. The van der Waals surface area contributed by atoms with Crippen LogP contribution in [-0.2, 0) is 9.59 Å². The second-order valence-electron chi connectivity index (χ2n) is 3.45. The lowest BCUT2D eigenvalue weighted by Crippen LogP contribution is -2.31. The van der Waals surface area contributed by atoms with Crippen LogP contribution >= 0.6 is 11.6 Å². The molecule has 1 aromatic rings. The summed E-state index contributed by atoms with van der Waals surface area (Å²) >= 11 is 5.72. The van der Waals surface area contributed by atoms with Crippen molar-refractivity contribution in [2.24, 2.45) is 0 Å². The van der Waals surface area contributed by atoms with Crippen LogP contribution in [-0.4, -0.2) is 29.4 Å². The van der Waals surface area contributed by atoms with Crippen molar-refractivity contribution in [3.05, 3.63) is 28.8 Å². The first kappa shape index (κ1) is 14.0. The maximum atomic E-state index is 11.4. The molecule has 0 unspecified atom stereocenters. The smallest absolute Gasteiger partial charge is 0.337 e. The van der Waals surface area contributed by atoms with E-state index in [4.69, 9.17) is 16.7 Å². The molecule has 1 aromatic carbocycles. The number of halogens is 1. The number of carboxylic acid groups (broad SMARTS) is 1. The molecule has 18 heavy (non-hydrogen) atoms. The summed E-state index contributed by atoms with van der Waals surface area (Å²) in [4.78, 5) is 33.0. The van der Waals surface area contributed by atoms with Crippen LogP contribution in [0.3, 0.4) is 0 Å². The fraction of sp³-hybridized carbons (Fsp3) is 0.182. The van der Waals surface area contributed by atoms with E-state index in [-0.39, 0.29) is 23.7 Å². The summed E-state index contributed by atoms with van der Waals surface area (Å²) in [6.07, 6.45) is 0. The van der Waals surface area contributed by atoms with E-state index in [1.165, 1.54) is 25.1 Å². The Hall–Kier alpha value is -2.08. The highest BCUT2D eigenvalue weighted by Crippen LogP contribution is 2.20. The number of hydrogen-bond donors (Lipinski definition) is 3. The minimum Gasteiger partial charge on any atom is -0.478 e. The van der Waals surface area contributed by atoms with Gasteiger partial charge < -0.3 is 15.7 Å². The number of carbonyl (C=O) groups is 3. The molecule has 7 heteroatoms. The molecular formula is C11H11ClN2O4. The molecule has 0 spiro atoms. The fourth-order valence-electron chi connectivity index (χ4n) is 1.21. The van der Waals surface area contributed by atoms with Crippen LogP contribution < -0.4 is 10.6 Å². The number of anilines is 1. The lowest BCUT2D eigenvalue weighted by Gasteiger charge is -2.09. The number of aromatic carboxylic acids is 1. The number of benzene rings is 1. The average Bonchev–Trinajstić information content (AvgIpc) is 2.26. The third-order valence-electron chi connectivity index (χ3n) is 1.98. The van der Waals surface area contributed by atoms with E-state index in [1.807, 2.05) is 0 Å². The largest absolute Gasteiger partial charge is 0.478 e. The molecular weight excluding hydrogens is 260 g/mol. The first-order valence-corrected chi connectivity index (χ1v) is 5.35. The molecule has 0 saturated carbocycles. The Labute approximate surface area is 108 Å². The van der Waals surface area contributed by atoms with Gasteiger partial charge >= 0.3 is 5.97 Å². The molecule has 0 aliphatic carbocycles. The normalized spacial score (nSPS) is 9.67. The summed E-state index contributed by atoms with van der Waals surface area (Å²) in [5, 5.41) is 13.9. The van der Waals surface area contributed by atoms with Crippen molar-refractivity contribution in [2.45, 2.75) is 6.92 Å². The quantitative estimate of drug-likeness (QED) is 0.764. The van der Waals surface area contributed by atoms with Crippen LogP contribution in [0.15, 0.2) is 18.2 Å². The van der Waals surface area contributed by atoms with Crippen molar-refractivity contribution >= 4 is 35.1 Å². The SMILES string of the molecule is CC(=O)NCC(=O)Nc1cc(Cl)ccc1C(=O)O. The van der Waals surface area contributed by atoms with E-state index in [2.05, 4.69) is 10.6 Å². The lowest BCUT2D eigenvalue weighted by molar-refractivity contribution is -0.122. The highest BCUT2D eigenvalue weighted by atomic mass is 35.5. The van der Waals surface area contributed by atoms with Crippen molar-refractivity contribution in [3.8, 4) is 0 Å². The van der Waals surface area contributed by atoms with Gasteiger partial charge in [-0.2, -0.15) is 0 Å². The number of rotatable bonds is 4. The number of carbonyl (C=O) groups excluding carboxylic acids is 2. The summed E-state index contributed by atoms with van der Waals surface area (Å²) < 4.78 is 0. The van der Waals surface area contributed by atoms with Gasteiger partial charge in [0.1, 0.15) is 0 Å². The molecule has 96 valence electrons. The number of nitrogens with one attached hydrogen (secondary N) is 2. The minimum absolute atomic E-state index is 0.0735. The maximum Gasteiger partial charge on any atom is 0.337 e. The van der Waals surface area contributed by atoms with Gasteiger partial charge in [-0.3, -0.25) is 9.59 Å². The first-order valence-electron chi connectivity index (χ1n) is 4.97. The highest BCUT2D eigenvalue weighted by molar-refractivity contribution is 6.31. The van der Waals surface area contributed by atoms with E-state index < -0.39 is 11.9 Å². The number of amides is 2. The monoisotopic (exact) mass is 270 g/mol. The average molecular weight is 271 g/mol. The molecule has 0 aliphatic rings. The molecule has 6 nitrogen and oxygen atoms in total. The standard InChI is InChI=1S/C11H11ClN2O4/c1-6(15)13-5-10(16)14-9-4-7(12)2-3-8(9)11(17)18/h2-4H,5H2,1H3,(H,13,15)(H,14,16)(H,17,18). The van der Waals surface area contributed by atoms with Crippen molar-refractivity contribution in [1.82, 2.24) is 5.32 Å². The lowest BCUT2D eigenvalue weighted by atomic mass is 10.2. The van der Waals surface area contributed by atoms with Gasteiger partial charge in [-0.1, -0.05) is 11.6 Å². The summed E-state index contributed by atoms with van der Waals surface area (Å²) in [7, 11) is 0. The number of carboxylic acids is 1. The molecule has 1 rings (SSSR count). The minimum atomic E-state index is -1.18. The Balaban J connectivity index is 2.82. The second kappa shape index (κ2) is 6.02. The maximum absolute atomic E-state index is 11.4. The third-order valence-corrected chi connectivity index (χ3v) is 2.22. The van der Waals surface area contributed by atoms with Crippen molar-refractivity contribution < 1.29 is 19.5 Å². The molecule has 0 aromatic heterocycles. The Morgan fingerprint density at radius 1 is 1.33 bits per heavy atom. The first-order chi connectivity index (χ1) is 8.40. The summed E-state index contributed by atoms with van der Waals surface area (Å²) in [5.74, 6) is -2.06. The summed E-state index contributed by atoms with van der Waals surface area (Å²) in [5.41, 5.74) is 0.0147. The molecule has 3 N–H and O–H groups in total. The molecule has 0 aliphatic heterocycles. The third kappa shape index (κ3) is 4.06. The second-order valence-corrected chi connectivity index (χ2v) is 3.89. The van der Waals surface area contributed by atoms with Crippen LogP contribution in [0.25, 0.3) is 0 Å². The Morgan fingerprint density at radius 2 is 2.00 bits per heavy atom. The van der Waals surface area contributed by atoms with E-state index >= 15 is 0 Å². The van der Waals surface area contributed by atoms with E-state index in [9.17, 15) is 14.4 Å². The Kier molecular flexibility index (Phi) is 4.67. The topological polar surface area (TPSA) is 95.5 Å². The van der Waals surface area contributed by atoms with Crippen LogP contribution in [0.2, 0.25) is 5.02 Å². The molecule has 0 saturated heterocycles. The molecule has 0 fully saturated rings. The van der Waals surface area contributed by atoms with E-state index in [0.717, 1.165) is 0 Å². The van der Waals surface area contributed by atoms with Gasteiger partial charge in [0, 0.05) is 11.9 Å². The predicted molar refractivity (Wildman–Crippen MR) is 65.7 cm³/mol. The van der Waals surface area contributed by atoms with Gasteiger partial charge in [0.05, 0.1) is 17.8 Å². The van der Waals surface area contributed by atoms with Gasteiger partial charge in [0.2, 0.25) is 11.8 Å². The molecule has 0 radical (unpaired) electrons. The van der Waals surface area contributed by atoms with Crippen LogP contribution in [0.5, 0.6) is 0 Å². The zero-order chi connectivity index (χ0) is 13.7. The van der Waals surface area contributed by atoms with Crippen LogP contribution in [0, 0.1) is 0 Å². The van der Waals surface area contributed by atoms with E-state index in [1.54, 1.807) is 0 Å². The van der Waals surface area contributed by atoms with Gasteiger partial charge in [0.25, 0.3) is 0 Å². The number of hydrogen-bond acceptors (Lipinski definition) is 3. The summed E-state index contributed by atoms with van der Waals surface area (Å²) in [6, 6.07) is 4.03. The highest BCUT2D eigenvalue weighted by Gasteiger charge is 2.13. The van der Waals surface area contributed by atoms with Crippen LogP contribution in [0.4, 0.5) is 5.69 Å². The predicted octanol–water partition coefficient (Wildman–Crippen LogP) is 1.11. The Morgan fingerprint density at radius 3 is 2.56 bits per heavy atom. The van der Waals surface area contributed by atoms with Crippen molar-refractivity contribution in [2.75, 3.05) is 11.9 Å². The van der Waals surface area contributed by atoms with Crippen molar-refractivity contribution in [3.63, 3.8) is 0 Å². The molecule has 0 heterocycles. The molecule has 0 atom stereocenters. The van der Waals surface area contributed by atoms with Crippen LogP contribution in [0.1, 0.15) is 17.3 Å². The van der Waals surface area contributed by atoms with Gasteiger partial charge in [-0.15, -0.1) is 0 Å². The van der Waals surface area contributed by atoms with Gasteiger partial charge in [-0.05, 0) is 18.2 Å². The zero-order valence-corrected chi connectivity index (χ0v) is 10.2. The van der Waals surface area contributed by atoms with Gasteiger partial charge in [0.15, 0.2) is 0 Å². The van der Waals surface area contributed by atoms with Crippen molar-refractivity contribution in [1.29, 1.82) is 0 Å². The van der Waals surface area contributed by atoms with E-state index in [0.29, 0.717) is 5.02 Å². The zero-order valence-electron chi connectivity index (χ0n) is 9.49.